The first-order valence-corrected chi connectivity index (χ1v) is 9.46. The van der Waals surface area contributed by atoms with Gasteiger partial charge in [0.2, 0.25) is 10.0 Å². The number of piperazine rings is 1. The summed E-state index contributed by atoms with van der Waals surface area (Å²) in [6.07, 6.45) is -5.24. The first kappa shape index (κ1) is 18.9. The molecule has 2 aliphatic rings. The standard InChI is InChI=1S/C15H18F3N3O4S/c16-15(17,18)10-2-1-3-13(6-10)26(24,25)19-11-7-12-9-21(14(22)23)5-4-20(12)8-11/h1-3,6,11-12,19H,4-5,7-9H2,(H,22,23)/t11-,12-/m0/s1. The van der Waals surface area contributed by atoms with Crippen LogP contribution in [0.5, 0.6) is 0 Å². The first-order chi connectivity index (χ1) is 12.1. The van der Waals surface area contributed by atoms with Gasteiger partial charge in [0, 0.05) is 38.3 Å². The van der Waals surface area contributed by atoms with E-state index in [1.165, 1.54) is 4.90 Å². The Morgan fingerprint density at radius 3 is 2.62 bits per heavy atom. The van der Waals surface area contributed by atoms with Crippen LogP contribution in [0.25, 0.3) is 0 Å². The third kappa shape index (κ3) is 3.94. The summed E-state index contributed by atoms with van der Waals surface area (Å²) in [5.41, 5.74) is -1.03. The molecule has 0 unspecified atom stereocenters. The van der Waals surface area contributed by atoms with E-state index < -0.39 is 38.8 Å². The minimum atomic E-state index is -4.63. The number of benzene rings is 1. The Hall–Kier alpha value is -1.85. The molecule has 2 atom stereocenters. The predicted molar refractivity (Wildman–Crippen MR) is 85.1 cm³/mol. The van der Waals surface area contributed by atoms with Crippen molar-refractivity contribution < 1.29 is 31.5 Å². The number of hydrogen-bond acceptors (Lipinski definition) is 4. The van der Waals surface area contributed by atoms with Gasteiger partial charge in [-0.25, -0.2) is 17.9 Å². The third-order valence-corrected chi connectivity index (χ3v) is 6.20. The van der Waals surface area contributed by atoms with Crippen LogP contribution in [-0.2, 0) is 16.2 Å². The van der Waals surface area contributed by atoms with Crippen molar-refractivity contribution in [2.45, 2.75) is 29.6 Å². The number of sulfonamides is 1. The largest absolute Gasteiger partial charge is 0.465 e. The fourth-order valence-corrected chi connectivity index (χ4v) is 4.71. The molecule has 1 aromatic carbocycles. The van der Waals surface area contributed by atoms with Gasteiger partial charge in [0.05, 0.1) is 10.5 Å². The van der Waals surface area contributed by atoms with E-state index in [4.69, 9.17) is 5.11 Å². The van der Waals surface area contributed by atoms with Crippen LogP contribution in [0.2, 0.25) is 0 Å². The molecule has 3 rings (SSSR count). The minimum Gasteiger partial charge on any atom is -0.465 e. The Balaban J connectivity index is 1.70. The van der Waals surface area contributed by atoms with Gasteiger partial charge in [0.15, 0.2) is 0 Å². The zero-order valence-corrected chi connectivity index (χ0v) is 14.4. The lowest BCUT2D eigenvalue weighted by molar-refractivity contribution is -0.137. The Morgan fingerprint density at radius 1 is 1.23 bits per heavy atom. The number of hydrogen-bond donors (Lipinski definition) is 2. The molecule has 2 fully saturated rings. The molecular weight excluding hydrogens is 375 g/mol. The van der Waals surface area contributed by atoms with Crippen LogP contribution in [0.3, 0.4) is 0 Å². The SMILES string of the molecule is O=C(O)N1CCN2C[C@@H](NS(=O)(=O)c3cccc(C(F)(F)F)c3)C[C@H]2C1. The van der Waals surface area contributed by atoms with Gasteiger partial charge >= 0.3 is 12.3 Å². The average molecular weight is 393 g/mol. The Labute approximate surface area is 148 Å². The maximum absolute atomic E-state index is 12.8. The van der Waals surface area contributed by atoms with Crippen molar-refractivity contribution in [1.82, 2.24) is 14.5 Å². The normalized spacial score (nSPS) is 24.5. The van der Waals surface area contributed by atoms with Crippen molar-refractivity contribution in [2.75, 3.05) is 26.2 Å². The summed E-state index contributed by atoms with van der Waals surface area (Å²) < 4.78 is 65.7. The highest BCUT2D eigenvalue weighted by Gasteiger charge is 2.39. The third-order valence-electron chi connectivity index (χ3n) is 4.68. The van der Waals surface area contributed by atoms with Gasteiger partial charge in [0.25, 0.3) is 0 Å². The van der Waals surface area contributed by atoms with Gasteiger partial charge in [-0.2, -0.15) is 13.2 Å². The maximum Gasteiger partial charge on any atom is 0.416 e. The molecule has 0 aliphatic carbocycles. The number of nitrogens with zero attached hydrogens (tertiary/aromatic N) is 2. The molecule has 7 nitrogen and oxygen atoms in total. The second-order valence-corrected chi connectivity index (χ2v) is 8.17. The van der Waals surface area contributed by atoms with E-state index in [2.05, 4.69) is 4.72 Å². The second kappa shape index (κ2) is 6.71. The lowest BCUT2D eigenvalue weighted by Crippen LogP contribution is -2.51. The van der Waals surface area contributed by atoms with Crippen LogP contribution in [0.4, 0.5) is 18.0 Å². The number of halogens is 3. The lowest BCUT2D eigenvalue weighted by atomic mass is 10.1. The van der Waals surface area contributed by atoms with Crippen LogP contribution < -0.4 is 4.72 Å². The van der Waals surface area contributed by atoms with Crippen molar-refractivity contribution in [3.8, 4) is 0 Å². The molecule has 0 spiro atoms. The van der Waals surface area contributed by atoms with Gasteiger partial charge in [0.1, 0.15) is 0 Å². The van der Waals surface area contributed by atoms with E-state index in [1.54, 1.807) is 0 Å². The summed E-state index contributed by atoms with van der Waals surface area (Å²) in [5, 5.41) is 9.05. The summed E-state index contributed by atoms with van der Waals surface area (Å²) in [4.78, 5) is 13.9. The van der Waals surface area contributed by atoms with E-state index in [1.807, 2.05) is 4.90 Å². The van der Waals surface area contributed by atoms with Crippen molar-refractivity contribution in [3.05, 3.63) is 29.8 Å². The van der Waals surface area contributed by atoms with Gasteiger partial charge < -0.3 is 10.0 Å². The first-order valence-electron chi connectivity index (χ1n) is 7.98. The van der Waals surface area contributed by atoms with E-state index in [9.17, 15) is 26.4 Å². The molecule has 2 saturated heterocycles. The number of fused-ring (bicyclic) bond motifs is 1. The van der Waals surface area contributed by atoms with Crippen LogP contribution in [0.1, 0.15) is 12.0 Å². The molecular formula is C15H18F3N3O4S. The summed E-state index contributed by atoms with van der Waals surface area (Å²) in [6, 6.07) is 3.01. The highest BCUT2D eigenvalue weighted by molar-refractivity contribution is 7.89. The highest BCUT2D eigenvalue weighted by Crippen LogP contribution is 2.31. The predicted octanol–water partition coefficient (Wildman–Crippen LogP) is 1.42. The fraction of sp³-hybridized carbons (Fsp3) is 0.533. The molecule has 26 heavy (non-hydrogen) atoms. The van der Waals surface area contributed by atoms with Crippen molar-refractivity contribution in [3.63, 3.8) is 0 Å². The van der Waals surface area contributed by atoms with Crippen molar-refractivity contribution >= 4 is 16.1 Å². The molecule has 0 radical (unpaired) electrons. The molecule has 1 amide bonds. The number of carbonyl (C=O) groups is 1. The zero-order chi connectivity index (χ0) is 19.1. The number of alkyl halides is 3. The molecule has 0 saturated carbocycles. The van der Waals surface area contributed by atoms with Crippen LogP contribution >= 0.6 is 0 Å². The van der Waals surface area contributed by atoms with E-state index in [-0.39, 0.29) is 12.6 Å². The molecule has 0 aromatic heterocycles. The molecule has 1 aromatic rings. The summed E-state index contributed by atoms with van der Waals surface area (Å²) >= 11 is 0. The maximum atomic E-state index is 12.8. The highest BCUT2D eigenvalue weighted by atomic mass is 32.2. The average Bonchev–Trinajstić information content (AvgIpc) is 2.94. The number of carboxylic acid groups (broad SMARTS) is 1. The quantitative estimate of drug-likeness (QED) is 0.811. The molecule has 144 valence electrons. The monoisotopic (exact) mass is 393 g/mol. The van der Waals surface area contributed by atoms with Gasteiger partial charge in [-0.15, -0.1) is 0 Å². The summed E-state index contributed by atoms with van der Waals surface area (Å²) in [7, 11) is -4.11. The van der Waals surface area contributed by atoms with E-state index in [0.29, 0.717) is 32.1 Å². The minimum absolute atomic E-state index is 0.103. The molecule has 2 N–H and O–H groups in total. The Morgan fingerprint density at radius 2 is 1.96 bits per heavy atom. The number of amides is 1. The summed E-state index contributed by atoms with van der Waals surface area (Å²) in [6.45, 7) is 1.53. The van der Waals surface area contributed by atoms with Gasteiger partial charge in [-0.1, -0.05) is 6.07 Å². The van der Waals surface area contributed by atoms with E-state index in [0.717, 1.165) is 18.2 Å². The van der Waals surface area contributed by atoms with Crippen molar-refractivity contribution in [2.24, 2.45) is 0 Å². The lowest BCUT2D eigenvalue weighted by Gasteiger charge is -2.35. The fourth-order valence-electron chi connectivity index (χ4n) is 3.43. The van der Waals surface area contributed by atoms with Crippen LogP contribution in [0, 0.1) is 0 Å². The Bertz CT molecular complexity index is 800. The molecule has 11 heteroatoms. The van der Waals surface area contributed by atoms with Gasteiger partial charge in [-0.05, 0) is 24.6 Å². The molecule has 0 bridgehead atoms. The topological polar surface area (TPSA) is 89.9 Å². The van der Waals surface area contributed by atoms with Crippen molar-refractivity contribution in [1.29, 1.82) is 0 Å². The van der Waals surface area contributed by atoms with Gasteiger partial charge in [-0.3, -0.25) is 4.90 Å². The number of rotatable bonds is 3. The smallest absolute Gasteiger partial charge is 0.416 e. The number of nitrogens with one attached hydrogen (secondary N) is 1. The zero-order valence-electron chi connectivity index (χ0n) is 13.6. The van der Waals surface area contributed by atoms with Crippen LogP contribution in [0.15, 0.2) is 29.2 Å². The molecule has 2 aliphatic heterocycles. The molecule has 2 heterocycles. The second-order valence-electron chi connectivity index (χ2n) is 6.46. The summed E-state index contributed by atoms with van der Waals surface area (Å²) in [5.74, 6) is 0. The van der Waals surface area contributed by atoms with E-state index >= 15 is 0 Å². The van der Waals surface area contributed by atoms with Crippen LogP contribution in [-0.4, -0.2) is 67.7 Å². The Kier molecular flexibility index (Phi) is 4.88.